The minimum Gasteiger partial charge on any atom is -0.480 e. The monoisotopic (exact) mass is 227 g/mol. The van der Waals surface area contributed by atoms with Gasteiger partial charge in [0.25, 0.3) is 0 Å². The standard InChI is InChI=1S/C8H12F3NO3/c1-4(8(9,10)11)3-6(7(14)15)12-5(2)13/h4,6H,3H2,1-2H3,(H,12,13)(H,14,15)/t4?,6-/m0/s1. The molecule has 0 saturated heterocycles. The lowest BCUT2D eigenvalue weighted by molar-refractivity contribution is -0.174. The maximum absolute atomic E-state index is 12.1. The van der Waals surface area contributed by atoms with Gasteiger partial charge in [-0.25, -0.2) is 4.79 Å². The van der Waals surface area contributed by atoms with E-state index in [0.29, 0.717) is 0 Å². The Labute approximate surface area is 84.5 Å². The van der Waals surface area contributed by atoms with E-state index in [9.17, 15) is 22.8 Å². The smallest absolute Gasteiger partial charge is 0.391 e. The fourth-order valence-corrected chi connectivity index (χ4v) is 0.954. The number of nitrogens with one attached hydrogen (secondary N) is 1. The Bertz CT molecular complexity index is 252. The molecular weight excluding hydrogens is 215 g/mol. The van der Waals surface area contributed by atoms with Gasteiger partial charge in [0.15, 0.2) is 0 Å². The van der Waals surface area contributed by atoms with Crippen LogP contribution in [-0.4, -0.2) is 29.2 Å². The van der Waals surface area contributed by atoms with Crippen LogP contribution in [0.3, 0.4) is 0 Å². The molecule has 4 nitrogen and oxygen atoms in total. The number of carbonyl (C=O) groups excluding carboxylic acids is 1. The molecule has 1 unspecified atom stereocenters. The summed E-state index contributed by atoms with van der Waals surface area (Å²) < 4.78 is 36.3. The number of amides is 1. The fraction of sp³-hybridized carbons (Fsp3) is 0.750. The Morgan fingerprint density at radius 1 is 1.40 bits per heavy atom. The first-order chi connectivity index (χ1) is 6.64. The molecule has 0 aromatic heterocycles. The summed E-state index contributed by atoms with van der Waals surface area (Å²) in [5.74, 6) is -3.91. The first-order valence-electron chi connectivity index (χ1n) is 4.21. The van der Waals surface area contributed by atoms with Crippen LogP contribution in [0.5, 0.6) is 0 Å². The van der Waals surface area contributed by atoms with Crippen LogP contribution in [0.1, 0.15) is 20.3 Å². The molecule has 0 aliphatic carbocycles. The number of rotatable bonds is 4. The van der Waals surface area contributed by atoms with Crippen molar-refractivity contribution in [2.75, 3.05) is 0 Å². The highest BCUT2D eigenvalue weighted by Crippen LogP contribution is 2.29. The van der Waals surface area contributed by atoms with Crippen LogP contribution in [0.2, 0.25) is 0 Å². The van der Waals surface area contributed by atoms with Gasteiger partial charge in [-0.15, -0.1) is 0 Å². The van der Waals surface area contributed by atoms with Gasteiger partial charge in [-0.3, -0.25) is 4.79 Å². The number of halogens is 3. The molecule has 2 atom stereocenters. The Hall–Kier alpha value is -1.27. The Balaban J connectivity index is 4.42. The molecule has 0 rings (SSSR count). The van der Waals surface area contributed by atoms with Gasteiger partial charge < -0.3 is 10.4 Å². The molecule has 0 aromatic carbocycles. The van der Waals surface area contributed by atoms with Crippen molar-refractivity contribution >= 4 is 11.9 Å². The van der Waals surface area contributed by atoms with Crippen molar-refractivity contribution in [2.45, 2.75) is 32.5 Å². The number of carboxylic acids is 1. The molecule has 15 heavy (non-hydrogen) atoms. The minimum atomic E-state index is -4.45. The largest absolute Gasteiger partial charge is 0.480 e. The second-order valence-electron chi connectivity index (χ2n) is 3.27. The highest BCUT2D eigenvalue weighted by molar-refractivity contribution is 5.82. The van der Waals surface area contributed by atoms with Crippen molar-refractivity contribution in [3.05, 3.63) is 0 Å². The SMILES string of the molecule is CC(=O)N[C@@H](CC(C)C(F)(F)F)C(=O)O. The predicted molar refractivity (Wildman–Crippen MR) is 45.1 cm³/mol. The summed E-state index contributed by atoms with van der Waals surface area (Å²) in [4.78, 5) is 21.0. The highest BCUT2D eigenvalue weighted by Gasteiger charge is 2.38. The van der Waals surface area contributed by atoms with E-state index < -0.39 is 36.4 Å². The number of carbonyl (C=O) groups is 2. The van der Waals surface area contributed by atoms with E-state index in [1.165, 1.54) is 0 Å². The van der Waals surface area contributed by atoms with Crippen molar-refractivity contribution in [2.24, 2.45) is 5.92 Å². The Morgan fingerprint density at radius 2 is 1.87 bits per heavy atom. The van der Waals surface area contributed by atoms with Gasteiger partial charge in [0.05, 0.1) is 5.92 Å². The van der Waals surface area contributed by atoms with Crippen LogP contribution >= 0.6 is 0 Å². The zero-order valence-electron chi connectivity index (χ0n) is 8.26. The van der Waals surface area contributed by atoms with Gasteiger partial charge in [-0.05, 0) is 6.42 Å². The molecule has 7 heteroatoms. The van der Waals surface area contributed by atoms with Crippen LogP contribution in [-0.2, 0) is 9.59 Å². The first kappa shape index (κ1) is 13.7. The van der Waals surface area contributed by atoms with Crippen LogP contribution in [0, 0.1) is 5.92 Å². The molecule has 0 saturated carbocycles. The number of alkyl halides is 3. The van der Waals surface area contributed by atoms with Crippen molar-refractivity contribution in [1.29, 1.82) is 0 Å². The summed E-state index contributed by atoms with van der Waals surface area (Å²) in [6.45, 7) is 1.92. The van der Waals surface area contributed by atoms with Crippen molar-refractivity contribution in [3.8, 4) is 0 Å². The summed E-state index contributed by atoms with van der Waals surface area (Å²) in [5, 5.41) is 10.5. The molecule has 0 aromatic rings. The first-order valence-corrected chi connectivity index (χ1v) is 4.21. The van der Waals surface area contributed by atoms with Crippen LogP contribution < -0.4 is 5.32 Å². The third-order valence-electron chi connectivity index (χ3n) is 1.82. The van der Waals surface area contributed by atoms with E-state index >= 15 is 0 Å². The minimum absolute atomic E-state index is 0.668. The van der Waals surface area contributed by atoms with Gasteiger partial charge in [0, 0.05) is 6.92 Å². The zero-order valence-corrected chi connectivity index (χ0v) is 8.26. The van der Waals surface area contributed by atoms with Crippen LogP contribution in [0.15, 0.2) is 0 Å². The lowest BCUT2D eigenvalue weighted by Gasteiger charge is -2.20. The molecule has 88 valence electrons. The maximum atomic E-state index is 12.1. The predicted octanol–water partition coefficient (Wildman–Crippen LogP) is 1.16. The maximum Gasteiger partial charge on any atom is 0.391 e. The number of aliphatic carboxylic acids is 1. The molecule has 2 N–H and O–H groups in total. The lowest BCUT2D eigenvalue weighted by Crippen LogP contribution is -2.42. The second kappa shape index (κ2) is 4.99. The van der Waals surface area contributed by atoms with Crippen LogP contribution in [0.25, 0.3) is 0 Å². The lowest BCUT2D eigenvalue weighted by atomic mass is 10.0. The van der Waals surface area contributed by atoms with Gasteiger partial charge >= 0.3 is 12.1 Å². The third-order valence-corrected chi connectivity index (χ3v) is 1.82. The molecule has 0 spiro atoms. The average Bonchev–Trinajstić information content (AvgIpc) is 1.99. The molecule has 0 fully saturated rings. The summed E-state index contributed by atoms with van der Waals surface area (Å²) >= 11 is 0. The molecule has 0 aliphatic rings. The second-order valence-corrected chi connectivity index (χ2v) is 3.27. The number of hydrogen-bond donors (Lipinski definition) is 2. The van der Waals surface area contributed by atoms with E-state index in [0.717, 1.165) is 13.8 Å². The molecule has 1 amide bonds. The zero-order chi connectivity index (χ0) is 12.2. The Morgan fingerprint density at radius 3 is 2.13 bits per heavy atom. The summed E-state index contributed by atoms with van der Waals surface area (Å²) in [5.41, 5.74) is 0. The fourth-order valence-electron chi connectivity index (χ4n) is 0.954. The van der Waals surface area contributed by atoms with Crippen LogP contribution in [0.4, 0.5) is 13.2 Å². The summed E-state index contributed by atoms with van der Waals surface area (Å²) in [6.07, 6.45) is -5.12. The van der Waals surface area contributed by atoms with E-state index in [2.05, 4.69) is 0 Å². The van der Waals surface area contributed by atoms with Gasteiger partial charge in [-0.1, -0.05) is 6.92 Å². The van der Waals surface area contributed by atoms with E-state index in [-0.39, 0.29) is 0 Å². The Kier molecular flexibility index (Phi) is 4.57. The van der Waals surface area contributed by atoms with E-state index in [4.69, 9.17) is 5.11 Å². The summed E-state index contributed by atoms with van der Waals surface area (Å²) in [6, 6.07) is -1.50. The van der Waals surface area contributed by atoms with Gasteiger partial charge in [-0.2, -0.15) is 13.2 Å². The van der Waals surface area contributed by atoms with Crippen molar-refractivity contribution < 1.29 is 27.9 Å². The van der Waals surface area contributed by atoms with Gasteiger partial charge in [0.2, 0.25) is 5.91 Å². The highest BCUT2D eigenvalue weighted by atomic mass is 19.4. The number of carboxylic acid groups (broad SMARTS) is 1. The van der Waals surface area contributed by atoms with Crippen molar-refractivity contribution in [1.82, 2.24) is 5.32 Å². The third kappa shape index (κ3) is 5.24. The topological polar surface area (TPSA) is 66.4 Å². The molecular formula is C8H12F3NO3. The number of hydrogen-bond acceptors (Lipinski definition) is 2. The van der Waals surface area contributed by atoms with Crippen molar-refractivity contribution in [3.63, 3.8) is 0 Å². The van der Waals surface area contributed by atoms with Gasteiger partial charge in [0.1, 0.15) is 6.04 Å². The molecule has 0 bridgehead atoms. The average molecular weight is 227 g/mol. The molecule has 0 aliphatic heterocycles. The van der Waals surface area contributed by atoms with E-state index in [1.807, 2.05) is 5.32 Å². The normalized spacial score (nSPS) is 15.5. The quantitative estimate of drug-likeness (QED) is 0.757. The molecule has 0 heterocycles. The molecule has 0 radical (unpaired) electrons. The summed E-state index contributed by atoms with van der Waals surface area (Å²) in [7, 11) is 0. The van der Waals surface area contributed by atoms with E-state index in [1.54, 1.807) is 0 Å².